The first-order valence-electron chi connectivity index (χ1n) is 9.03. The summed E-state index contributed by atoms with van der Waals surface area (Å²) in [5.74, 6) is 1.96. The number of hydrogen-bond donors (Lipinski definition) is 1. The minimum Gasteiger partial charge on any atom is -0.497 e. The highest BCUT2D eigenvalue weighted by Gasteiger charge is 2.39. The number of ether oxygens (including phenoxy) is 3. The molecule has 0 bridgehead atoms. The van der Waals surface area contributed by atoms with Gasteiger partial charge in [0.15, 0.2) is 0 Å². The quantitative estimate of drug-likeness (QED) is 0.646. The molecule has 1 heterocycles. The second kappa shape index (κ2) is 6.99. The molecule has 27 heavy (non-hydrogen) atoms. The zero-order valence-electron chi connectivity index (χ0n) is 15.7. The highest BCUT2D eigenvalue weighted by atomic mass is 16.5. The minimum atomic E-state index is -0.322. The SMILES string of the molecule is COC(=O)c1ccc([C@H]2Nc3c(OC)cc(OC)cc3[C@H]3C=CC[C@H]32)cc1. The summed E-state index contributed by atoms with van der Waals surface area (Å²) >= 11 is 0. The van der Waals surface area contributed by atoms with Crippen LogP contribution in [0, 0.1) is 5.92 Å². The van der Waals surface area contributed by atoms with E-state index in [1.165, 1.54) is 12.7 Å². The molecule has 0 spiro atoms. The Morgan fingerprint density at radius 2 is 1.85 bits per heavy atom. The van der Waals surface area contributed by atoms with Crippen molar-refractivity contribution in [1.82, 2.24) is 0 Å². The average Bonchev–Trinajstić information content (AvgIpc) is 3.22. The molecule has 3 atom stereocenters. The first-order chi connectivity index (χ1) is 13.2. The third-order valence-electron chi connectivity index (χ3n) is 5.55. The van der Waals surface area contributed by atoms with E-state index >= 15 is 0 Å². The molecule has 0 aromatic heterocycles. The zero-order valence-corrected chi connectivity index (χ0v) is 15.7. The van der Waals surface area contributed by atoms with Gasteiger partial charge in [-0.25, -0.2) is 4.79 Å². The van der Waals surface area contributed by atoms with Gasteiger partial charge >= 0.3 is 5.97 Å². The number of rotatable bonds is 4. The number of fused-ring (bicyclic) bond motifs is 3. The van der Waals surface area contributed by atoms with Crippen molar-refractivity contribution in [3.05, 3.63) is 65.2 Å². The fraction of sp³-hybridized carbons (Fsp3) is 0.318. The molecule has 0 saturated carbocycles. The molecule has 0 radical (unpaired) electrons. The van der Waals surface area contributed by atoms with Crippen LogP contribution in [0.25, 0.3) is 0 Å². The molecule has 1 aliphatic carbocycles. The van der Waals surface area contributed by atoms with Crippen molar-refractivity contribution in [3.8, 4) is 11.5 Å². The van der Waals surface area contributed by atoms with Crippen LogP contribution >= 0.6 is 0 Å². The van der Waals surface area contributed by atoms with E-state index in [-0.39, 0.29) is 12.0 Å². The fourth-order valence-electron chi connectivity index (χ4n) is 4.19. The number of nitrogens with one attached hydrogen (secondary N) is 1. The number of esters is 1. The van der Waals surface area contributed by atoms with Gasteiger partial charge in [0.2, 0.25) is 0 Å². The van der Waals surface area contributed by atoms with Gasteiger partial charge in [0.05, 0.1) is 38.6 Å². The Kier molecular flexibility index (Phi) is 4.52. The lowest BCUT2D eigenvalue weighted by molar-refractivity contribution is 0.0600. The average molecular weight is 365 g/mol. The van der Waals surface area contributed by atoms with Crippen molar-refractivity contribution in [1.29, 1.82) is 0 Å². The van der Waals surface area contributed by atoms with E-state index < -0.39 is 0 Å². The molecule has 2 aromatic rings. The van der Waals surface area contributed by atoms with Crippen molar-refractivity contribution >= 4 is 11.7 Å². The number of methoxy groups -OCH3 is 3. The van der Waals surface area contributed by atoms with Gasteiger partial charge in [-0.1, -0.05) is 24.3 Å². The molecule has 140 valence electrons. The summed E-state index contributed by atoms with van der Waals surface area (Å²) in [6.45, 7) is 0. The molecule has 1 N–H and O–H groups in total. The lowest BCUT2D eigenvalue weighted by atomic mass is 9.76. The summed E-state index contributed by atoms with van der Waals surface area (Å²) < 4.78 is 15.9. The Morgan fingerprint density at radius 3 is 2.52 bits per heavy atom. The van der Waals surface area contributed by atoms with Gasteiger partial charge in [-0.05, 0) is 41.7 Å². The van der Waals surface area contributed by atoms with Gasteiger partial charge in [-0.2, -0.15) is 0 Å². The largest absolute Gasteiger partial charge is 0.497 e. The molecule has 2 aromatic carbocycles. The number of allylic oxidation sites excluding steroid dienone is 2. The van der Waals surface area contributed by atoms with Crippen LogP contribution < -0.4 is 14.8 Å². The number of carbonyl (C=O) groups excluding carboxylic acids is 1. The van der Waals surface area contributed by atoms with Crippen LogP contribution in [0.15, 0.2) is 48.6 Å². The second-order valence-corrected chi connectivity index (χ2v) is 6.88. The van der Waals surface area contributed by atoms with Gasteiger partial charge in [0, 0.05) is 12.0 Å². The number of benzene rings is 2. The summed E-state index contributed by atoms with van der Waals surface area (Å²) in [7, 11) is 4.74. The third kappa shape index (κ3) is 2.93. The summed E-state index contributed by atoms with van der Waals surface area (Å²) in [4.78, 5) is 11.7. The maximum atomic E-state index is 11.7. The lowest BCUT2D eigenvalue weighted by Gasteiger charge is -2.38. The topological polar surface area (TPSA) is 56.8 Å². The van der Waals surface area contributed by atoms with Gasteiger partial charge < -0.3 is 19.5 Å². The summed E-state index contributed by atoms with van der Waals surface area (Å²) in [5.41, 5.74) is 3.91. The predicted octanol–water partition coefficient (Wildman–Crippen LogP) is 4.32. The van der Waals surface area contributed by atoms with Crippen LogP contribution in [0.4, 0.5) is 5.69 Å². The standard InChI is InChI=1S/C22H23NO4/c1-25-15-11-18-16-5-4-6-17(16)20(23-21(18)19(12-15)26-2)13-7-9-14(10-8-13)22(24)27-3/h4-5,7-12,16-17,20,23H,6H2,1-3H3/t16-,17+,20+/m0/s1. The van der Waals surface area contributed by atoms with E-state index in [9.17, 15) is 4.79 Å². The van der Waals surface area contributed by atoms with E-state index in [4.69, 9.17) is 14.2 Å². The Morgan fingerprint density at radius 1 is 1.07 bits per heavy atom. The maximum Gasteiger partial charge on any atom is 0.337 e. The molecule has 1 aliphatic heterocycles. The molecule has 4 rings (SSSR count). The van der Waals surface area contributed by atoms with Crippen molar-refractivity contribution in [2.75, 3.05) is 26.6 Å². The molecule has 5 nitrogen and oxygen atoms in total. The van der Waals surface area contributed by atoms with E-state index in [1.807, 2.05) is 30.3 Å². The number of carbonyl (C=O) groups is 1. The van der Waals surface area contributed by atoms with Crippen LogP contribution in [0.3, 0.4) is 0 Å². The van der Waals surface area contributed by atoms with E-state index in [0.29, 0.717) is 17.4 Å². The third-order valence-corrected chi connectivity index (χ3v) is 5.55. The highest BCUT2D eigenvalue weighted by Crippen LogP contribution is 2.53. The normalized spacial score (nSPS) is 22.4. The molecular weight excluding hydrogens is 342 g/mol. The fourth-order valence-corrected chi connectivity index (χ4v) is 4.19. The van der Waals surface area contributed by atoms with E-state index in [0.717, 1.165) is 29.2 Å². The molecule has 0 amide bonds. The lowest BCUT2D eigenvalue weighted by Crippen LogP contribution is -2.29. The Labute approximate surface area is 158 Å². The summed E-state index contributed by atoms with van der Waals surface area (Å²) in [5, 5.41) is 3.68. The van der Waals surface area contributed by atoms with Gasteiger partial charge in [-0.15, -0.1) is 0 Å². The van der Waals surface area contributed by atoms with Crippen molar-refractivity contribution < 1.29 is 19.0 Å². The minimum absolute atomic E-state index is 0.131. The first-order valence-corrected chi connectivity index (χ1v) is 9.03. The predicted molar refractivity (Wildman–Crippen MR) is 104 cm³/mol. The molecule has 0 fully saturated rings. The van der Waals surface area contributed by atoms with Crippen LogP contribution in [0.2, 0.25) is 0 Å². The molecule has 0 saturated heterocycles. The molecule has 5 heteroatoms. The van der Waals surface area contributed by atoms with E-state index in [2.05, 4.69) is 23.5 Å². The number of anilines is 1. The van der Waals surface area contributed by atoms with Crippen LogP contribution in [0.1, 0.15) is 39.9 Å². The van der Waals surface area contributed by atoms with Gasteiger partial charge in [0.1, 0.15) is 11.5 Å². The summed E-state index contributed by atoms with van der Waals surface area (Å²) in [6, 6.07) is 11.8. The monoisotopic (exact) mass is 365 g/mol. The summed E-state index contributed by atoms with van der Waals surface area (Å²) in [6.07, 6.45) is 5.52. The smallest absolute Gasteiger partial charge is 0.337 e. The molecule has 2 aliphatic rings. The maximum absolute atomic E-state index is 11.7. The van der Waals surface area contributed by atoms with Gasteiger partial charge in [0.25, 0.3) is 0 Å². The van der Waals surface area contributed by atoms with Crippen LogP contribution in [-0.2, 0) is 4.74 Å². The molecule has 0 unspecified atom stereocenters. The van der Waals surface area contributed by atoms with Crippen LogP contribution in [0.5, 0.6) is 11.5 Å². The van der Waals surface area contributed by atoms with Gasteiger partial charge in [-0.3, -0.25) is 0 Å². The Bertz CT molecular complexity index is 888. The Hall–Kier alpha value is -2.95. The molecular formula is C22H23NO4. The van der Waals surface area contributed by atoms with Crippen molar-refractivity contribution in [2.45, 2.75) is 18.4 Å². The van der Waals surface area contributed by atoms with Crippen molar-refractivity contribution in [2.24, 2.45) is 5.92 Å². The second-order valence-electron chi connectivity index (χ2n) is 6.88. The highest BCUT2D eigenvalue weighted by molar-refractivity contribution is 5.89. The number of hydrogen-bond acceptors (Lipinski definition) is 5. The first kappa shape index (κ1) is 17.5. The Balaban J connectivity index is 1.74. The van der Waals surface area contributed by atoms with E-state index in [1.54, 1.807) is 14.2 Å². The van der Waals surface area contributed by atoms with Crippen molar-refractivity contribution in [3.63, 3.8) is 0 Å². The zero-order chi connectivity index (χ0) is 19.0. The van der Waals surface area contributed by atoms with Crippen LogP contribution in [-0.4, -0.2) is 27.3 Å².